The van der Waals surface area contributed by atoms with Crippen molar-refractivity contribution in [1.82, 2.24) is 4.90 Å². The molecule has 1 aromatic rings. The molecule has 0 atom stereocenters. The van der Waals surface area contributed by atoms with E-state index >= 15 is 0 Å². The zero-order valence-corrected chi connectivity index (χ0v) is 12.1. The molecular formula is C14H20ClNO3. The summed E-state index contributed by atoms with van der Waals surface area (Å²) < 4.78 is 10.5. The number of hydrogen-bond acceptors (Lipinski definition) is 4. The average molecular weight is 286 g/mol. The van der Waals surface area contributed by atoms with Crippen LogP contribution in [0.25, 0.3) is 0 Å². The monoisotopic (exact) mass is 285 g/mol. The molecule has 106 valence electrons. The van der Waals surface area contributed by atoms with Crippen LogP contribution in [0.2, 0.25) is 5.02 Å². The first kappa shape index (κ1) is 14.4. The van der Waals surface area contributed by atoms with Crippen LogP contribution in [-0.4, -0.2) is 43.4 Å². The van der Waals surface area contributed by atoms with Crippen molar-refractivity contribution < 1.29 is 14.6 Å². The molecule has 1 aromatic carbocycles. The molecule has 0 bridgehead atoms. The van der Waals surface area contributed by atoms with Crippen molar-refractivity contribution in [2.24, 2.45) is 0 Å². The molecule has 0 amide bonds. The molecule has 0 unspecified atom stereocenters. The summed E-state index contributed by atoms with van der Waals surface area (Å²) in [5, 5.41) is 9.67. The average Bonchev–Trinajstić information content (AvgIpc) is 3.21. The third kappa shape index (κ3) is 3.53. The van der Waals surface area contributed by atoms with Crippen LogP contribution in [-0.2, 0) is 6.54 Å². The summed E-state index contributed by atoms with van der Waals surface area (Å²) in [6.07, 6.45) is 2.42. The number of hydrogen-bond donors (Lipinski definition) is 1. The minimum atomic E-state index is 0.178. The zero-order chi connectivity index (χ0) is 13.8. The van der Waals surface area contributed by atoms with Crippen LogP contribution < -0.4 is 9.47 Å². The van der Waals surface area contributed by atoms with Gasteiger partial charge in [-0.15, -0.1) is 0 Å². The molecule has 4 nitrogen and oxygen atoms in total. The van der Waals surface area contributed by atoms with Gasteiger partial charge in [-0.25, -0.2) is 0 Å². The fraction of sp³-hybridized carbons (Fsp3) is 0.571. The van der Waals surface area contributed by atoms with Crippen molar-refractivity contribution in [3.63, 3.8) is 0 Å². The molecule has 0 aliphatic heterocycles. The number of ether oxygens (including phenoxy) is 2. The lowest BCUT2D eigenvalue weighted by Gasteiger charge is -2.21. The number of benzene rings is 1. The van der Waals surface area contributed by atoms with E-state index in [0.717, 1.165) is 12.1 Å². The molecule has 1 aliphatic carbocycles. The Hall–Kier alpha value is -0.970. The molecule has 1 fully saturated rings. The molecule has 0 aromatic heterocycles. The normalized spacial score (nSPS) is 14.8. The van der Waals surface area contributed by atoms with Gasteiger partial charge in [-0.05, 0) is 30.5 Å². The number of nitrogens with zero attached hydrogens (tertiary/aromatic N) is 1. The maximum absolute atomic E-state index is 9.12. The second-order valence-electron chi connectivity index (χ2n) is 4.74. The second kappa shape index (κ2) is 6.46. The highest BCUT2D eigenvalue weighted by Gasteiger charge is 2.28. The predicted octanol–water partition coefficient (Wildman–Crippen LogP) is 2.31. The van der Waals surface area contributed by atoms with Gasteiger partial charge in [-0.3, -0.25) is 4.90 Å². The quantitative estimate of drug-likeness (QED) is 0.835. The fourth-order valence-corrected chi connectivity index (χ4v) is 2.57. The Morgan fingerprint density at radius 2 is 2.05 bits per heavy atom. The van der Waals surface area contributed by atoms with Crippen LogP contribution >= 0.6 is 11.6 Å². The first-order valence-corrected chi connectivity index (χ1v) is 6.82. The largest absolute Gasteiger partial charge is 0.493 e. The summed E-state index contributed by atoms with van der Waals surface area (Å²) in [6.45, 7) is 1.64. The van der Waals surface area contributed by atoms with Gasteiger partial charge < -0.3 is 14.6 Å². The molecule has 1 saturated carbocycles. The van der Waals surface area contributed by atoms with E-state index in [1.807, 2.05) is 12.1 Å². The first-order chi connectivity index (χ1) is 9.19. The standard InChI is InChI=1S/C14H20ClNO3/c1-18-13-8-10(7-12(15)14(13)19-2)9-16(5-6-17)11-3-4-11/h7-8,11,17H,3-6,9H2,1-2H3. The zero-order valence-electron chi connectivity index (χ0n) is 11.4. The van der Waals surface area contributed by atoms with Gasteiger partial charge in [0.05, 0.1) is 25.8 Å². The molecule has 5 heteroatoms. The van der Waals surface area contributed by atoms with E-state index < -0.39 is 0 Å². The lowest BCUT2D eigenvalue weighted by molar-refractivity contribution is 0.183. The van der Waals surface area contributed by atoms with Crippen molar-refractivity contribution in [3.8, 4) is 11.5 Å². The molecule has 19 heavy (non-hydrogen) atoms. The van der Waals surface area contributed by atoms with Crippen LogP contribution in [0, 0.1) is 0 Å². The second-order valence-corrected chi connectivity index (χ2v) is 5.15. The molecule has 0 heterocycles. The van der Waals surface area contributed by atoms with Gasteiger partial charge in [0, 0.05) is 19.1 Å². The topological polar surface area (TPSA) is 41.9 Å². The molecule has 1 N–H and O–H groups in total. The molecule has 0 radical (unpaired) electrons. The number of halogens is 1. The van der Waals surface area contributed by atoms with E-state index in [2.05, 4.69) is 4.90 Å². The predicted molar refractivity (Wildman–Crippen MR) is 75.1 cm³/mol. The van der Waals surface area contributed by atoms with Crippen LogP contribution in [0.3, 0.4) is 0 Å². The highest BCUT2D eigenvalue weighted by molar-refractivity contribution is 6.32. The highest BCUT2D eigenvalue weighted by Crippen LogP contribution is 2.37. The Kier molecular flexibility index (Phi) is 4.91. The van der Waals surface area contributed by atoms with Crippen molar-refractivity contribution in [2.45, 2.75) is 25.4 Å². The van der Waals surface area contributed by atoms with Gasteiger partial charge >= 0.3 is 0 Å². The lowest BCUT2D eigenvalue weighted by Crippen LogP contribution is -2.28. The first-order valence-electron chi connectivity index (χ1n) is 6.45. The van der Waals surface area contributed by atoms with E-state index in [0.29, 0.717) is 29.1 Å². The van der Waals surface area contributed by atoms with Gasteiger partial charge in [0.2, 0.25) is 0 Å². The van der Waals surface area contributed by atoms with Crippen LogP contribution in [0.5, 0.6) is 11.5 Å². The van der Waals surface area contributed by atoms with Gasteiger partial charge in [0.25, 0.3) is 0 Å². The Morgan fingerprint density at radius 1 is 1.32 bits per heavy atom. The number of aliphatic hydroxyl groups is 1. The number of methoxy groups -OCH3 is 2. The summed E-state index contributed by atoms with van der Waals surface area (Å²) in [7, 11) is 3.18. The summed E-state index contributed by atoms with van der Waals surface area (Å²) in [5.74, 6) is 1.21. The van der Waals surface area contributed by atoms with Crippen molar-refractivity contribution in [2.75, 3.05) is 27.4 Å². The van der Waals surface area contributed by atoms with Gasteiger partial charge in [-0.1, -0.05) is 11.6 Å². The Balaban J connectivity index is 2.17. The Labute approximate surface area is 118 Å². The smallest absolute Gasteiger partial charge is 0.179 e. The van der Waals surface area contributed by atoms with E-state index in [4.69, 9.17) is 26.2 Å². The van der Waals surface area contributed by atoms with Gasteiger partial charge in [0.1, 0.15) is 0 Å². The van der Waals surface area contributed by atoms with Gasteiger partial charge in [0.15, 0.2) is 11.5 Å². The minimum Gasteiger partial charge on any atom is -0.493 e. The molecule has 0 saturated heterocycles. The maximum Gasteiger partial charge on any atom is 0.179 e. The van der Waals surface area contributed by atoms with E-state index in [1.54, 1.807) is 14.2 Å². The summed E-state index contributed by atoms with van der Waals surface area (Å²) in [5.41, 5.74) is 1.07. The summed E-state index contributed by atoms with van der Waals surface area (Å²) >= 11 is 6.20. The summed E-state index contributed by atoms with van der Waals surface area (Å²) in [4.78, 5) is 2.28. The molecule has 1 aliphatic rings. The van der Waals surface area contributed by atoms with E-state index in [9.17, 15) is 0 Å². The molecular weight excluding hydrogens is 266 g/mol. The van der Waals surface area contributed by atoms with Crippen molar-refractivity contribution in [1.29, 1.82) is 0 Å². The third-order valence-electron chi connectivity index (χ3n) is 3.33. The number of rotatable bonds is 7. The number of aliphatic hydroxyl groups excluding tert-OH is 1. The summed E-state index contributed by atoms with van der Waals surface area (Å²) in [6, 6.07) is 4.44. The van der Waals surface area contributed by atoms with E-state index in [-0.39, 0.29) is 6.61 Å². The maximum atomic E-state index is 9.12. The SMILES string of the molecule is COc1cc(CN(CCO)C2CC2)cc(Cl)c1OC. The van der Waals surface area contributed by atoms with Crippen molar-refractivity contribution >= 4 is 11.6 Å². The van der Waals surface area contributed by atoms with Crippen LogP contribution in [0.4, 0.5) is 0 Å². The Bertz CT molecular complexity index is 435. The minimum absolute atomic E-state index is 0.178. The highest BCUT2D eigenvalue weighted by atomic mass is 35.5. The third-order valence-corrected chi connectivity index (χ3v) is 3.61. The Morgan fingerprint density at radius 3 is 2.58 bits per heavy atom. The fourth-order valence-electron chi connectivity index (χ4n) is 2.26. The van der Waals surface area contributed by atoms with Gasteiger partial charge in [-0.2, -0.15) is 0 Å². The van der Waals surface area contributed by atoms with Crippen LogP contribution in [0.1, 0.15) is 18.4 Å². The van der Waals surface area contributed by atoms with Crippen molar-refractivity contribution in [3.05, 3.63) is 22.7 Å². The molecule has 0 spiro atoms. The van der Waals surface area contributed by atoms with E-state index in [1.165, 1.54) is 12.8 Å². The molecule has 2 rings (SSSR count). The lowest BCUT2D eigenvalue weighted by atomic mass is 10.2. The van der Waals surface area contributed by atoms with Crippen LogP contribution in [0.15, 0.2) is 12.1 Å².